The Bertz CT molecular complexity index is 2530. The van der Waals surface area contributed by atoms with Crippen LogP contribution in [0.25, 0.3) is 71.2 Å². The largest absolute Gasteiger partial charge is 0.309 e. The molecular weight excluding hydrogens is 566 g/mol. The van der Waals surface area contributed by atoms with Gasteiger partial charge in [0.15, 0.2) is 11.5 Å². The monoisotopic (exact) mass is 589 g/mol. The zero-order valence-electron chi connectivity index (χ0n) is 24.9. The summed E-state index contributed by atoms with van der Waals surface area (Å²) < 4.78 is 4.14. The van der Waals surface area contributed by atoms with Crippen molar-refractivity contribution in [3.63, 3.8) is 0 Å². The van der Waals surface area contributed by atoms with E-state index in [1.165, 1.54) is 0 Å². The van der Waals surface area contributed by atoms with Crippen LogP contribution in [0, 0.1) is 43.1 Å². The third kappa shape index (κ3) is 3.95. The van der Waals surface area contributed by atoms with Gasteiger partial charge in [0.05, 0.1) is 46.1 Å². The summed E-state index contributed by atoms with van der Waals surface area (Å²) >= 11 is 0. The molecule has 0 aliphatic rings. The number of nitrogens with zero attached hydrogens (tertiary/aromatic N) is 7. The molecule has 0 saturated heterocycles. The van der Waals surface area contributed by atoms with Crippen LogP contribution in [0.5, 0.6) is 0 Å². The number of aryl methyl sites for hydroxylation is 2. The van der Waals surface area contributed by atoms with Gasteiger partial charge < -0.3 is 9.13 Å². The molecule has 0 fully saturated rings. The van der Waals surface area contributed by atoms with E-state index in [0.717, 1.165) is 60.6 Å². The number of hydrogen-bond acceptors (Lipinski definition) is 4. The van der Waals surface area contributed by atoms with Gasteiger partial charge in [-0.15, -0.1) is 0 Å². The maximum atomic E-state index is 11.0. The Morgan fingerprint density at radius 3 is 1.72 bits per heavy atom. The second-order valence-corrected chi connectivity index (χ2v) is 11.3. The highest BCUT2D eigenvalue weighted by molar-refractivity contribution is 6.11. The lowest BCUT2D eigenvalue weighted by molar-refractivity contribution is 1.05. The summed E-state index contributed by atoms with van der Waals surface area (Å²) in [6.07, 6.45) is 0. The topological polar surface area (TPSA) is 87.6 Å². The van der Waals surface area contributed by atoms with Crippen LogP contribution in [-0.2, 0) is 0 Å². The van der Waals surface area contributed by atoms with Gasteiger partial charge in [0.1, 0.15) is 11.6 Å². The highest BCUT2D eigenvalue weighted by atomic mass is 15.0. The first kappa shape index (κ1) is 26.8. The van der Waals surface area contributed by atoms with Gasteiger partial charge >= 0.3 is 0 Å². The van der Waals surface area contributed by atoms with Gasteiger partial charge in [-0.25, -0.2) is 14.8 Å². The standard InChI is InChI=1S/C39H23N7/c1-23-16-24(2)44-39(43-23)26-18-36(45-33-10-6-4-8-28(33)30-14-12-25(21-40)17-35(30)45)32(22-41)37(19-26)46-34-11-7-5-9-29(34)31-15-13-27(42-3)20-38(31)46/h4-20H,1-2H3. The number of para-hydroxylation sites is 2. The number of hydrogen-bond donors (Lipinski definition) is 0. The maximum absolute atomic E-state index is 11.0. The summed E-state index contributed by atoms with van der Waals surface area (Å²) in [6, 6.07) is 38.2. The average molecular weight is 590 g/mol. The Morgan fingerprint density at radius 2 is 1.15 bits per heavy atom. The second kappa shape index (κ2) is 10.2. The van der Waals surface area contributed by atoms with E-state index in [-0.39, 0.29) is 0 Å². The Balaban J connectivity index is 1.59. The molecular formula is C39H23N7. The lowest BCUT2D eigenvalue weighted by Gasteiger charge is -2.18. The van der Waals surface area contributed by atoms with Crippen molar-refractivity contribution in [3.8, 4) is 34.9 Å². The van der Waals surface area contributed by atoms with Crippen molar-refractivity contribution < 1.29 is 0 Å². The van der Waals surface area contributed by atoms with E-state index in [0.29, 0.717) is 34.0 Å². The predicted octanol–water partition coefficient (Wildman–Crippen LogP) is 9.25. The number of nitriles is 2. The molecule has 0 radical (unpaired) electrons. The van der Waals surface area contributed by atoms with Gasteiger partial charge in [0, 0.05) is 44.0 Å². The first-order valence-electron chi connectivity index (χ1n) is 14.7. The molecule has 0 amide bonds. The molecule has 8 aromatic rings. The Kier molecular flexibility index (Phi) is 5.93. The summed E-state index contributed by atoms with van der Waals surface area (Å²) in [5.74, 6) is 0.547. The summed E-state index contributed by atoms with van der Waals surface area (Å²) in [4.78, 5) is 13.3. The number of aromatic nitrogens is 4. The van der Waals surface area contributed by atoms with E-state index in [9.17, 15) is 10.5 Å². The molecule has 5 aromatic carbocycles. The van der Waals surface area contributed by atoms with Gasteiger partial charge in [0.2, 0.25) is 0 Å². The molecule has 0 aliphatic heterocycles. The highest BCUT2D eigenvalue weighted by Gasteiger charge is 2.23. The minimum Gasteiger partial charge on any atom is -0.309 e. The molecule has 0 spiro atoms. The first-order chi connectivity index (χ1) is 22.5. The highest BCUT2D eigenvalue weighted by Crippen LogP contribution is 2.40. The van der Waals surface area contributed by atoms with E-state index >= 15 is 0 Å². The fourth-order valence-corrected chi connectivity index (χ4v) is 6.65. The molecule has 0 N–H and O–H groups in total. The predicted molar refractivity (Wildman–Crippen MR) is 181 cm³/mol. The summed E-state index contributed by atoms with van der Waals surface area (Å²) in [7, 11) is 0. The second-order valence-electron chi connectivity index (χ2n) is 11.3. The third-order valence-electron chi connectivity index (χ3n) is 8.52. The Morgan fingerprint density at radius 1 is 0.609 bits per heavy atom. The van der Waals surface area contributed by atoms with Crippen LogP contribution in [-0.4, -0.2) is 19.1 Å². The van der Waals surface area contributed by atoms with Crippen molar-refractivity contribution in [1.29, 1.82) is 10.5 Å². The molecule has 3 heterocycles. The zero-order valence-corrected chi connectivity index (χ0v) is 24.9. The molecule has 7 heteroatoms. The zero-order chi connectivity index (χ0) is 31.5. The molecule has 8 rings (SSSR count). The molecule has 0 atom stereocenters. The number of rotatable bonds is 3. The normalized spacial score (nSPS) is 11.2. The molecule has 214 valence electrons. The average Bonchev–Trinajstić information content (AvgIpc) is 3.59. The molecule has 46 heavy (non-hydrogen) atoms. The smallest absolute Gasteiger partial charge is 0.189 e. The summed E-state index contributed by atoms with van der Waals surface area (Å²) in [5, 5.41) is 24.9. The van der Waals surface area contributed by atoms with Crippen molar-refractivity contribution in [2.75, 3.05) is 0 Å². The lowest BCUT2D eigenvalue weighted by atomic mass is 10.0. The van der Waals surface area contributed by atoms with E-state index in [1.54, 1.807) is 0 Å². The minimum atomic E-state index is 0.439. The van der Waals surface area contributed by atoms with Gasteiger partial charge in [-0.2, -0.15) is 10.5 Å². The quantitative estimate of drug-likeness (QED) is 0.192. The van der Waals surface area contributed by atoms with Crippen molar-refractivity contribution in [2.24, 2.45) is 0 Å². The molecule has 7 nitrogen and oxygen atoms in total. The van der Waals surface area contributed by atoms with Crippen LogP contribution in [0.1, 0.15) is 22.5 Å². The summed E-state index contributed by atoms with van der Waals surface area (Å²) in [5.41, 5.74) is 8.64. The fraction of sp³-hybridized carbons (Fsp3) is 0.0513. The van der Waals surface area contributed by atoms with Gasteiger partial charge in [-0.05, 0) is 62.4 Å². The molecule has 0 unspecified atom stereocenters. The van der Waals surface area contributed by atoms with E-state index in [4.69, 9.17) is 16.5 Å². The van der Waals surface area contributed by atoms with Gasteiger partial charge in [0.25, 0.3) is 0 Å². The van der Waals surface area contributed by atoms with Crippen LogP contribution >= 0.6 is 0 Å². The Labute approximate surface area is 264 Å². The molecule has 0 saturated carbocycles. The van der Waals surface area contributed by atoms with Crippen LogP contribution in [0.3, 0.4) is 0 Å². The number of benzene rings is 5. The Hall–Kier alpha value is -6.75. The maximum Gasteiger partial charge on any atom is 0.189 e. The number of fused-ring (bicyclic) bond motifs is 6. The minimum absolute atomic E-state index is 0.439. The first-order valence-corrected chi connectivity index (χ1v) is 14.7. The van der Waals surface area contributed by atoms with Gasteiger partial charge in [-0.3, -0.25) is 0 Å². The summed E-state index contributed by atoms with van der Waals surface area (Å²) in [6.45, 7) is 11.6. The van der Waals surface area contributed by atoms with Crippen LogP contribution < -0.4 is 0 Å². The van der Waals surface area contributed by atoms with Crippen molar-refractivity contribution >= 4 is 49.3 Å². The van der Waals surface area contributed by atoms with Crippen LogP contribution in [0.4, 0.5) is 5.69 Å². The van der Waals surface area contributed by atoms with Crippen molar-refractivity contribution in [3.05, 3.63) is 137 Å². The molecule has 0 aliphatic carbocycles. The molecule has 3 aromatic heterocycles. The third-order valence-corrected chi connectivity index (χ3v) is 8.52. The lowest BCUT2D eigenvalue weighted by Crippen LogP contribution is -2.06. The van der Waals surface area contributed by atoms with Crippen molar-refractivity contribution in [1.82, 2.24) is 19.1 Å². The van der Waals surface area contributed by atoms with E-state index in [1.807, 2.05) is 105 Å². The van der Waals surface area contributed by atoms with E-state index in [2.05, 4.69) is 38.3 Å². The van der Waals surface area contributed by atoms with Crippen LogP contribution in [0.2, 0.25) is 0 Å². The fourth-order valence-electron chi connectivity index (χ4n) is 6.65. The van der Waals surface area contributed by atoms with Crippen LogP contribution in [0.15, 0.2) is 103 Å². The van der Waals surface area contributed by atoms with E-state index < -0.39 is 0 Å². The van der Waals surface area contributed by atoms with Crippen molar-refractivity contribution in [2.45, 2.75) is 13.8 Å². The molecule has 0 bridgehead atoms. The SMILES string of the molecule is [C-]#[N+]c1ccc2c3ccccc3n(-c3cc(-c4nc(C)cc(C)n4)cc(-n4c5ccccc5c5ccc(C#N)cc54)c3C#N)c2c1. The van der Waals surface area contributed by atoms with Gasteiger partial charge in [-0.1, -0.05) is 54.6 Å².